The minimum absolute atomic E-state index is 0.0441. The molecule has 0 aliphatic rings. The highest BCUT2D eigenvalue weighted by molar-refractivity contribution is 6.30. The minimum Gasteiger partial charge on any atom is -0.466 e. The number of benzene rings is 1. The van der Waals surface area contributed by atoms with Gasteiger partial charge in [-0.15, -0.1) is 0 Å². The summed E-state index contributed by atoms with van der Waals surface area (Å²) in [7, 11) is 0. The Labute approximate surface area is 143 Å². The first-order valence-electron chi connectivity index (χ1n) is 8.05. The number of rotatable bonds is 8. The lowest BCUT2D eigenvalue weighted by atomic mass is 9.97. The predicted octanol–water partition coefficient (Wildman–Crippen LogP) is 4.31. The highest BCUT2D eigenvalue weighted by Gasteiger charge is 2.29. The van der Waals surface area contributed by atoms with Crippen LogP contribution in [0.3, 0.4) is 0 Å². The predicted molar refractivity (Wildman–Crippen MR) is 92.7 cm³/mol. The number of nitrogens with zero attached hydrogens (tertiary/aromatic N) is 1. The average molecular weight is 340 g/mol. The molecule has 0 heterocycles. The number of ether oxygens (including phenoxy) is 1. The monoisotopic (exact) mass is 339 g/mol. The molecule has 1 rings (SSSR count). The molecule has 0 aliphatic heterocycles. The average Bonchev–Trinajstić information content (AvgIpc) is 2.51. The van der Waals surface area contributed by atoms with Gasteiger partial charge in [0.1, 0.15) is 0 Å². The smallest absolute Gasteiger partial charge is 0.305 e. The zero-order chi connectivity index (χ0) is 17.5. The van der Waals surface area contributed by atoms with Crippen LogP contribution >= 0.6 is 11.6 Å². The van der Waals surface area contributed by atoms with E-state index in [0.717, 1.165) is 6.42 Å². The quantitative estimate of drug-likeness (QED) is 0.663. The van der Waals surface area contributed by atoms with Gasteiger partial charge in [0.2, 0.25) is 0 Å². The van der Waals surface area contributed by atoms with Gasteiger partial charge < -0.3 is 9.64 Å². The van der Waals surface area contributed by atoms with E-state index in [2.05, 4.69) is 0 Å². The van der Waals surface area contributed by atoms with Crippen LogP contribution in [0.5, 0.6) is 0 Å². The van der Waals surface area contributed by atoms with Crippen molar-refractivity contribution in [2.24, 2.45) is 0 Å². The summed E-state index contributed by atoms with van der Waals surface area (Å²) in [6.07, 6.45) is 1.73. The Morgan fingerprint density at radius 1 is 1.17 bits per heavy atom. The Morgan fingerprint density at radius 2 is 1.78 bits per heavy atom. The van der Waals surface area contributed by atoms with E-state index in [4.69, 9.17) is 16.3 Å². The van der Waals surface area contributed by atoms with Crippen LogP contribution in [0.15, 0.2) is 24.3 Å². The largest absolute Gasteiger partial charge is 0.466 e. The fraction of sp³-hybridized carbons (Fsp3) is 0.556. The van der Waals surface area contributed by atoms with Crippen molar-refractivity contribution in [2.45, 2.75) is 52.5 Å². The first kappa shape index (κ1) is 19.5. The summed E-state index contributed by atoms with van der Waals surface area (Å²) in [6.45, 7) is 8.80. The number of halogens is 1. The third kappa shape index (κ3) is 5.87. The SMILES string of the molecule is CCOC(=O)CCCN(C(=O)c1ccc(Cl)cc1)C(C)(C)CC. The first-order chi connectivity index (χ1) is 10.8. The molecular weight excluding hydrogens is 314 g/mol. The molecule has 0 aliphatic carbocycles. The van der Waals surface area contributed by atoms with Crippen LogP contribution in [0, 0.1) is 0 Å². The molecule has 5 heteroatoms. The lowest BCUT2D eigenvalue weighted by Crippen LogP contribution is -2.48. The van der Waals surface area contributed by atoms with Gasteiger partial charge in [-0.2, -0.15) is 0 Å². The van der Waals surface area contributed by atoms with E-state index in [1.54, 1.807) is 31.2 Å². The third-order valence-corrected chi connectivity index (χ3v) is 4.25. The molecule has 128 valence electrons. The van der Waals surface area contributed by atoms with Crippen LogP contribution in [0.2, 0.25) is 5.02 Å². The molecule has 0 unspecified atom stereocenters. The number of hydrogen-bond acceptors (Lipinski definition) is 3. The van der Waals surface area contributed by atoms with Crippen molar-refractivity contribution in [1.82, 2.24) is 4.90 Å². The van der Waals surface area contributed by atoms with Crippen LogP contribution in [0.1, 0.15) is 57.3 Å². The van der Waals surface area contributed by atoms with Crippen LogP contribution in [-0.2, 0) is 9.53 Å². The number of amides is 1. The lowest BCUT2D eigenvalue weighted by molar-refractivity contribution is -0.143. The van der Waals surface area contributed by atoms with Gasteiger partial charge in [-0.25, -0.2) is 0 Å². The molecule has 0 saturated carbocycles. The molecule has 23 heavy (non-hydrogen) atoms. The normalized spacial score (nSPS) is 11.2. The van der Waals surface area contributed by atoms with Crippen molar-refractivity contribution in [1.29, 1.82) is 0 Å². The molecule has 0 bridgehead atoms. The zero-order valence-electron chi connectivity index (χ0n) is 14.4. The van der Waals surface area contributed by atoms with Crippen molar-refractivity contribution in [3.05, 3.63) is 34.9 Å². The molecule has 0 atom stereocenters. The highest BCUT2D eigenvalue weighted by atomic mass is 35.5. The molecule has 0 N–H and O–H groups in total. The van der Waals surface area contributed by atoms with Crippen LogP contribution < -0.4 is 0 Å². The minimum atomic E-state index is -0.286. The second-order valence-electron chi connectivity index (χ2n) is 6.04. The summed E-state index contributed by atoms with van der Waals surface area (Å²) in [6, 6.07) is 6.89. The summed E-state index contributed by atoms with van der Waals surface area (Å²) >= 11 is 5.88. The Bertz CT molecular complexity index is 526. The molecule has 0 aromatic heterocycles. The zero-order valence-corrected chi connectivity index (χ0v) is 15.2. The van der Waals surface area contributed by atoms with Crippen LogP contribution in [0.25, 0.3) is 0 Å². The molecule has 0 saturated heterocycles. The highest BCUT2D eigenvalue weighted by Crippen LogP contribution is 2.23. The molecule has 0 radical (unpaired) electrons. The number of carbonyl (C=O) groups is 2. The number of carbonyl (C=O) groups excluding carboxylic acids is 2. The fourth-order valence-electron chi connectivity index (χ4n) is 2.23. The lowest BCUT2D eigenvalue weighted by Gasteiger charge is -2.38. The van der Waals surface area contributed by atoms with E-state index in [0.29, 0.717) is 36.6 Å². The van der Waals surface area contributed by atoms with Gasteiger partial charge in [0.05, 0.1) is 6.61 Å². The van der Waals surface area contributed by atoms with Crippen molar-refractivity contribution >= 4 is 23.5 Å². The van der Waals surface area contributed by atoms with Gasteiger partial charge in [0.25, 0.3) is 5.91 Å². The maximum Gasteiger partial charge on any atom is 0.305 e. The Balaban J connectivity index is 2.82. The standard InChI is InChI=1S/C18H26ClNO3/c1-5-18(3,4)20(13-7-8-16(21)23-6-2)17(22)14-9-11-15(19)12-10-14/h9-12H,5-8,13H2,1-4H3. The van der Waals surface area contributed by atoms with E-state index in [1.807, 2.05) is 25.7 Å². The van der Waals surface area contributed by atoms with Crippen molar-refractivity contribution in [3.63, 3.8) is 0 Å². The van der Waals surface area contributed by atoms with Crippen molar-refractivity contribution in [3.8, 4) is 0 Å². The molecule has 1 aromatic carbocycles. The fourth-order valence-corrected chi connectivity index (χ4v) is 2.36. The van der Waals surface area contributed by atoms with E-state index < -0.39 is 0 Å². The van der Waals surface area contributed by atoms with Gasteiger partial charge in [-0.3, -0.25) is 9.59 Å². The van der Waals surface area contributed by atoms with E-state index >= 15 is 0 Å². The van der Waals surface area contributed by atoms with E-state index in [1.165, 1.54) is 0 Å². The van der Waals surface area contributed by atoms with Gasteiger partial charge in [0, 0.05) is 29.1 Å². The maximum absolute atomic E-state index is 12.8. The van der Waals surface area contributed by atoms with Gasteiger partial charge in [-0.1, -0.05) is 18.5 Å². The second kappa shape index (κ2) is 8.92. The molecule has 0 spiro atoms. The first-order valence-corrected chi connectivity index (χ1v) is 8.42. The van der Waals surface area contributed by atoms with Crippen LogP contribution in [-0.4, -0.2) is 35.5 Å². The molecule has 1 amide bonds. The Hall–Kier alpha value is -1.55. The maximum atomic E-state index is 12.8. The van der Waals surface area contributed by atoms with E-state index in [-0.39, 0.29) is 17.4 Å². The summed E-state index contributed by atoms with van der Waals surface area (Å²) in [4.78, 5) is 26.1. The van der Waals surface area contributed by atoms with Crippen molar-refractivity contribution < 1.29 is 14.3 Å². The van der Waals surface area contributed by atoms with E-state index in [9.17, 15) is 9.59 Å². The van der Waals surface area contributed by atoms with Crippen molar-refractivity contribution in [2.75, 3.05) is 13.2 Å². The van der Waals surface area contributed by atoms with Gasteiger partial charge in [-0.05, 0) is 57.9 Å². The van der Waals surface area contributed by atoms with Gasteiger partial charge >= 0.3 is 5.97 Å². The summed E-state index contributed by atoms with van der Waals surface area (Å²) in [5.41, 5.74) is 0.317. The summed E-state index contributed by atoms with van der Waals surface area (Å²) in [5, 5.41) is 0.602. The summed E-state index contributed by atoms with van der Waals surface area (Å²) < 4.78 is 4.94. The number of esters is 1. The Kier molecular flexibility index (Phi) is 7.56. The molecule has 4 nitrogen and oxygen atoms in total. The molecular formula is C18H26ClNO3. The summed E-state index contributed by atoms with van der Waals surface area (Å²) in [5.74, 6) is -0.266. The molecule has 1 aromatic rings. The second-order valence-corrected chi connectivity index (χ2v) is 6.47. The number of hydrogen-bond donors (Lipinski definition) is 0. The molecule has 0 fully saturated rings. The van der Waals surface area contributed by atoms with Gasteiger partial charge in [0.15, 0.2) is 0 Å². The Morgan fingerprint density at radius 3 is 2.30 bits per heavy atom. The van der Waals surface area contributed by atoms with Crippen LogP contribution in [0.4, 0.5) is 0 Å². The topological polar surface area (TPSA) is 46.6 Å². The third-order valence-electron chi connectivity index (χ3n) is 4.00.